The van der Waals surface area contributed by atoms with E-state index in [0.717, 1.165) is 51.4 Å². The van der Waals surface area contributed by atoms with Gasteiger partial charge in [-0.2, -0.15) is 0 Å². The van der Waals surface area contributed by atoms with Crippen molar-refractivity contribution in [2.45, 2.75) is 31.9 Å². The molecule has 1 saturated heterocycles. The summed E-state index contributed by atoms with van der Waals surface area (Å²) >= 11 is 0. The van der Waals surface area contributed by atoms with E-state index in [1.165, 1.54) is 6.42 Å². The van der Waals surface area contributed by atoms with Gasteiger partial charge in [-0.05, 0) is 25.8 Å². The molecule has 1 fully saturated rings. The van der Waals surface area contributed by atoms with Gasteiger partial charge in [0.2, 0.25) is 0 Å². The molecule has 1 atom stereocenters. The molecule has 102 valence electrons. The van der Waals surface area contributed by atoms with E-state index in [9.17, 15) is 0 Å². The summed E-state index contributed by atoms with van der Waals surface area (Å²) in [6.45, 7) is 4.12. The molecule has 1 aromatic rings. The van der Waals surface area contributed by atoms with Gasteiger partial charge in [-0.1, -0.05) is 5.21 Å². The second-order valence-corrected chi connectivity index (χ2v) is 4.62. The first-order valence-electron chi connectivity index (χ1n) is 6.60. The predicted molar refractivity (Wildman–Crippen MR) is 67.1 cm³/mol. The Morgan fingerprint density at radius 3 is 3.28 bits per heavy atom. The molecule has 0 spiro atoms. The van der Waals surface area contributed by atoms with Crippen molar-refractivity contribution in [3.8, 4) is 0 Å². The van der Waals surface area contributed by atoms with E-state index in [2.05, 4.69) is 15.6 Å². The van der Waals surface area contributed by atoms with E-state index in [0.29, 0.717) is 6.10 Å². The second kappa shape index (κ2) is 7.45. The molecule has 2 heterocycles. The van der Waals surface area contributed by atoms with Crippen LogP contribution in [-0.4, -0.2) is 47.5 Å². The quantitative estimate of drug-likeness (QED) is 0.684. The standard InChI is InChI=1S/C12H22N4O2/c1-16-9-11(14-15-16)8-13-5-3-6-17-10-12-4-2-7-18-12/h9,12-13H,2-8,10H2,1H3. The smallest absolute Gasteiger partial charge is 0.0964 e. The molecule has 0 aliphatic carbocycles. The molecular weight excluding hydrogens is 232 g/mol. The van der Waals surface area contributed by atoms with E-state index in [1.54, 1.807) is 4.68 Å². The predicted octanol–water partition coefficient (Wildman–Crippen LogP) is 0.490. The largest absolute Gasteiger partial charge is 0.379 e. The molecule has 0 amide bonds. The zero-order valence-corrected chi connectivity index (χ0v) is 11.0. The van der Waals surface area contributed by atoms with Crippen LogP contribution in [0.15, 0.2) is 6.20 Å². The Balaban J connectivity index is 1.41. The molecule has 0 radical (unpaired) electrons. The molecular formula is C12H22N4O2. The highest BCUT2D eigenvalue weighted by atomic mass is 16.5. The molecule has 1 aliphatic heterocycles. The lowest BCUT2D eigenvalue weighted by molar-refractivity contribution is 0.0166. The third kappa shape index (κ3) is 4.72. The van der Waals surface area contributed by atoms with Gasteiger partial charge in [-0.15, -0.1) is 5.10 Å². The molecule has 18 heavy (non-hydrogen) atoms. The van der Waals surface area contributed by atoms with Gasteiger partial charge in [0.1, 0.15) is 0 Å². The SMILES string of the molecule is Cn1cc(CNCCCOCC2CCCO2)nn1. The first-order chi connectivity index (χ1) is 8.84. The van der Waals surface area contributed by atoms with Crippen LogP contribution in [0.3, 0.4) is 0 Å². The van der Waals surface area contributed by atoms with Gasteiger partial charge in [0.05, 0.1) is 18.4 Å². The van der Waals surface area contributed by atoms with Crippen LogP contribution in [0.5, 0.6) is 0 Å². The maximum Gasteiger partial charge on any atom is 0.0964 e. The Kier molecular flexibility index (Phi) is 5.57. The molecule has 1 N–H and O–H groups in total. The highest BCUT2D eigenvalue weighted by molar-refractivity contribution is 4.90. The first-order valence-corrected chi connectivity index (χ1v) is 6.60. The van der Waals surface area contributed by atoms with E-state index in [4.69, 9.17) is 9.47 Å². The Hall–Kier alpha value is -0.980. The second-order valence-electron chi connectivity index (χ2n) is 4.62. The van der Waals surface area contributed by atoms with Crippen molar-refractivity contribution in [2.24, 2.45) is 7.05 Å². The van der Waals surface area contributed by atoms with Gasteiger partial charge in [0.25, 0.3) is 0 Å². The van der Waals surface area contributed by atoms with Crippen molar-refractivity contribution in [3.63, 3.8) is 0 Å². The van der Waals surface area contributed by atoms with Gasteiger partial charge >= 0.3 is 0 Å². The highest BCUT2D eigenvalue weighted by Crippen LogP contribution is 2.11. The maximum atomic E-state index is 5.58. The van der Waals surface area contributed by atoms with Gasteiger partial charge in [-0.25, -0.2) is 0 Å². The summed E-state index contributed by atoms with van der Waals surface area (Å²) in [5, 5.41) is 11.2. The van der Waals surface area contributed by atoms with Gasteiger partial charge in [0.15, 0.2) is 0 Å². The highest BCUT2D eigenvalue weighted by Gasteiger charge is 2.14. The fraction of sp³-hybridized carbons (Fsp3) is 0.833. The fourth-order valence-corrected chi connectivity index (χ4v) is 1.98. The first kappa shape index (κ1) is 13.5. The third-order valence-electron chi connectivity index (χ3n) is 2.93. The number of aryl methyl sites for hydroxylation is 1. The van der Waals surface area contributed by atoms with Gasteiger partial charge in [-0.3, -0.25) is 4.68 Å². The molecule has 1 aliphatic rings. The van der Waals surface area contributed by atoms with Crippen molar-refractivity contribution in [1.82, 2.24) is 20.3 Å². The maximum absolute atomic E-state index is 5.58. The lowest BCUT2D eigenvalue weighted by atomic mass is 10.2. The minimum Gasteiger partial charge on any atom is -0.379 e. The molecule has 0 aromatic carbocycles. The third-order valence-corrected chi connectivity index (χ3v) is 2.93. The van der Waals surface area contributed by atoms with E-state index >= 15 is 0 Å². The number of hydrogen-bond acceptors (Lipinski definition) is 5. The zero-order chi connectivity index (χ0) is 12.6. The number of nitrogens with one attached hydrogen (secondary N) is 1. The van der Waals surface area contributed by atoms with Crippen LogP contribution in [0.1, 0.15) is 25.0 Å². The summed E-state index contributed by atoms with van der Waals surface area (Å²) in [6.07, 6.45) is 5.57. The molecule has 2 rings (SSSR count). The van der Waals surface area contributed by atoms with Crippen LogP contribution in [0, 0.1) is 0 Å². The summed E-state index contributed by atoms with van der Waals surface area (Å²) in [4.78, 5) is 0. The van der Waals surface area contributed by atoms with Crippen molar-refractivity contribution >= 4 is 0 Å². The van der Waals surface area contributed by atoms with Gasteiger partial charge in [0, 0.05) is 33.0 Å². The zero-order valence-electron chi connectivity index (χ0n) is 11.0. The van der Waals surface area contributed by atoms with Crippen molar-refractivity contribution < 1.29 is 9.47 Å². The average molecular weight is 254 g/mol. The lowest BCUT2D eigenvalue weighted by Crippen LogP contribution is -2.19. The number of nitrogens with zero attached hydrogens (tertiary/aromatic N) is 3. The van der Waals surface area contributed by atoms with E-state index in [1.807, 2.05) is 13.2 Å². The Bertz CT molecular complexity index is 337. The lowest BCUT2D eigenvalue weighted by Gasteiger charge is -2.09. The van der Waals surface area contributed by atoms with E-state index in [-0.39, 0.29) is 0 Å². The summed E-state index contributed by atoms with van der Waals surface area (Å²) in [7, 11) is 1.87. The minimum atomic E-state index is 0.331. The topological polar surface area (TPSA) is 61.2 Å². The summed E-state index contributed by atoms with van der Waals surface area (Å²) < 4.78 is 12.8. The fourth-order valence-electron chi connectivity index (χ4n) is 1.98. The Labute approximate surface area is 108 Å². The molecule has 1 aromatic heterocycles. The van der Waals surface area contributed by atoms with Crippen LogP contribution >= 0.6 is 0 Å². The van der Waals surface area contributed by atoms with Crippen molar-refractivity contribution in [3.05, 3.63) is 11.9 Å². The molecule has 6 heteroatoms. The van der Waals surface area contributed by atoms with Crippen LogP contribution in [0.2, 0.25) is 0 Å². The summed E-state index contributed by atoms with van der Waals surface area (Å²) in [5.74, 6) is 0. The van der Waals surface area contributed by atoms with Gasteiger partial charge < -0.3 is 14.8 Å². The Morgan fingerprint density at radius 2 is 2.56 bits per heavy atom. The number of rotatable bonds is 8. The molecule has 0 bridgehead atoms. The summed E-state index contributed by atoms with van der Waals surface area (Å²) in [6, 6.07) is 0. The van der Waals surface area contributed by atoms with Crippen LogP contribution in [0.4, 0.5) is 0 Å². The number of ether oxygens (including phenoxy) is 2. The van der Waals surface area contributed by atoms with Crippen molar-refractivity contribution in [2.75, 3.05) is 26.4 Å². The molecule has 6 nitrogen and oxygen atoms in total. The van der Waals surface area contributed by atoms with Crippen molar-refractivity contribution in [1.29, 1.82) is 0 Å². The normalized spacial score (nSPS) is 19.5. The molecule has 1 unspecified atom stereocenters. The monoisotopic (exact) mass is 254 g/mol. The Morgan fingerprint density at radius 1 is 1.61 bits per heavy atom. The van der Waals surface area contributed by atoms with Crippen LogP contribution < -0.4 is 5.32 Å². The van der Waals surface area contributed by atoms with Crippen LogP contribution in [0.25, 0.3) is 0 Å². The van der Waals surface area contributed by atoms with Crippen LogP contribution in [-0.2, 0) is 23.1 Å². The number of aromatic nitrogens is 3. The molecule has 0 saturated carbocycles. The average Bonchev–Trinajstić information content (AvgIpc) is 3.00. The van der Waals surface area contributed by atoms with E-state index < -0.39 is 0 Å². The number of hydrogen-bond donors (Lipinski definition) is 1. The minimum absolute atomic E-state index is 0.331. The summed E-state index contributed by atoms with van der Waals surface area (Å²) in [5.41, 5.74) is 0.970.